The second-order valence-corrected chi connectivity index (χ2v) is 4.17. The molecule has 0 saturated carbocycles. The standard InChI is InChI=1S/C11H22N2O2/c1-5-6-7-15-9(2)10(14)13-11(3,4)8-12/h5,9H,1,6-8,12H2,2-4H3,(H,13,14). The molecular weight excluding hydrogens is 192 g/mol. The first-order chi connectivity index (χ1) is 6.93. The molecule has 3 N–H and O–H groups in total. The average molecular weight is 214 g/mol. The molecule has 0 aliphatic rings. The fourth-order valence-electron chi connectivity index (χ4n) is 0.890. The van der Waals surface area contributed by atoms with Gasteiger partial charge in [-0.15, -0.1) is 6.58 Å². The Kier molecular flexibility index (Phi) is 6.20. The van der Waals surface area contributed by atoms with E-state index < -0.39 is 6.10 Å². The minimum absolute atomic E-state index is 0.130. The maximum Gasteiger partial charge on any atom is 0.249 e. The molecule has 88 valence electrons. The van der Waals surface area contributed by atoms with E-state index in [9.17, 15) is 4.79 Å². The summed E-state index contributed by atoms with van der Waals surface area (Å²) >= 11 is 0. The topological polar surface area (TPSA) is 64.3 Å². The zero-order valence-corrected chi connectivity index (χ0v) is 9.88. The quantitative estimate of drug-likeness (QED) is 0.487. The maximum absolute atomic E-state index is 11.6. The fourth-order valence-corrected chi connectivity index (χ4v) is 0.890. The lowest BCUT2D eigenvalue weighted by atomic mass is 10.1. The largest absolute Gasteiger partial charge is 0.368 e. The number of carbonyl (C=O) groups is 1. The van der Waals surface area contributed by atoms with Crippen molar-refractivity contribution in [3.63, 3.8) is 0 Å². The van der Waals surface area contributed by atoms with Crippen LogP contribution in [0, 0.1) is 0 Å². The van der Waals surface area contributed by atoms with Gasteiger partial charge in [0.25, 0.3) is 0 Å². The van der Waals surface area contributed by atoms with Gasteiger partial charge in [-0.1, -0.05) is 6.08 Å². The molecule has 1 amide bonds. The lowest BCUT2D eigenvalue weighted by molar-refractivity contribution is -0.133. The van der Waals surface area contributed by atoms with Crippen LogP contribution in [0.3, 0.4) is 0 Å². The van der Waals surface area contributed by atoms with E-state index in [0.717, 1.165) is 6.42 Å². The molecule has 15 heavy (non-hydrogen) atoms. The summed E-state index contributed by atoms with van der Waals surface area (Å²) in [6.07, 6.45) is 2.06. The van der Waals surface area contributed by atoms with Gasteiger partial charge in [0.1, 0.15) is 6.10 Å². The third-order valence-electron chi connectivity index (χ3n) is 2.03. The number of nitrogens with one attached hydrogen (secondary N) is 1. The summed E-state index contributed by atoms with van der Waals surface area (Å²) in [6, 6.07) is 0. The van der Waals surface area contributed by atoms with Crippen LogP contribution in [0.1, 0.15) is 27.2 Å². The maximum atomic E-state index is 11.6. The van der Waals surface area contributed by atoms with E-state index in [1.165, 1.54) is 0 Å². The third kappa shape index (κ3) is 6.25. The average Bonchev–Trinajstić information content (AvgIpc) is 2.17. The number of hydrogen-bond donors (Lipinski definition) is 2. The van der Waals surface area contributed by atoms with Crippen LogP contribution in [0.15, 0.2) is 12.7 Å². The van der Waals surface area contributed by atoms with Crippen molar-refractivity contribution < 1.29 is 9.53 Å². The Morgan fingerprint density at radius 3 is 2.73 bits per heavy atom. The molecule has 0 saturated heterocycles. The van der Waals surface area contributed by atoms with Crippen LogP contribution in [0.2, 0.25) is 0 Å². The van der Waals surface area contributed by atoms with Crippen LogP contribution >= 0.6 is 0 Å². The van der Waals surface area contributed by atoms with Crippen LogP contribution in [0.5, 0.6) is 0 Å². The number of ether oxygens (including phenoxy) is 1. The zero-order valence-electron chi connectivity index (χ0n) is 9.88. The van der Waals surface area contributed by atoms with E-state index in [1.807, 2.05) is 13.8 Å². The zero-order chi connectivity index (χ0) is 11.9. The summed E-state index contributed by atoms with van der Waals surface area (Å²) in [5.74, 6) is -0.130. The normalized spacial score (nSPS) is 13.3. The number of rotatable bonds is 7. The molecule has 0 radical (unpaired) electrons. The van der Waals surface area contributed by atoms with Crippen LogP contribution in [0.25, 0.3) is 0 Å². The van der Waals surface area contributed by atoms with Crippen molar-refractivity contribution >= 4 is 5.91 Å². The van der Waals surface area contributed by atoms with Gasteiger partial charge in [0.15, 0.2) is 0 Å². The van der Waals surface area contributed by atoms with E-state index in [2.05, 4.69) is 11.9 Å². The first-order valence-corrected chi connectivity index (χ1v) is 5.17. The van der Waals surface area contributed by atoms with Crippen molar-refractivity contribution in [2.45, 2.75) is 38.8 Å². The number of amides is 1. The van der Waals surface area contributed by atoms with E-state index >= 15 is 0 Å². The SMILES string of the molecule is C=CCCOC(C)C(=O)NC(C)(C)CN. The fraction of sp³-hybridized carbons (Fsp3) is 0.727. The van der Waals surface area contributed by atoms with Crippen molar-refractivity contribution in [2.24, 2.45) is 5.73 Å². The van der Waals surface area contributed by atoms with E-state index in [-0.39, 0.29) is 11.4 Å². The lowest BCUT2D eigenvalue weighted by Crippen LogP contribution is -2.52. The molecule has 0 bridgehead atoms. The Hall–Kier alpha value is -0.870. The van der Waals surface area contributed by atoms with E-state index in [0.29, 0.717) is 13.2 Å². The van der Waals surface area contributed by atoms with Gasteiger partial charge in [0.05, 0.1) is 6.61 Å². The second kappa shape index (κ2) is 6.58. The summed E-state index contributed by atoms with van der Waals surface area (Å²) in [5, 5.41) is 2.82. The van der Waals surface area contributed by atoms with Crippen molar-refractivity contribution in [1.29, 1.82) is 0 Å². The lowest BCUT2D eigenvalue weighted by Gasteiger charge is -2.26. The van der Waals surface area contributed by atoms with Crippen molar-refractivity contribution in [3.05, 3.63) is 12.7 Å². The van der Waals surface area contributed by atoms with E-state index in [1.54, 1.807) is 13.0 Å². The first kappa shape index (κ1) is 14.1. The Morgan fingerprint density at radius 1 is 1.67 bits per heavy atom. The minimum atomic E-state index is -0.448. The summed E-state index contributed by atoms with van der Waals surface area (Å²) in [5.41, 5.74) is 5.13. The number of nitrogens with two attached hydrogens (primary N) is 1. The minimum Gasteiger partial charge on any atom is -0.368 e. The van der Waals surface area contributed by atoms with Gasteiger partial charge >= 0.3 is 0 Å². The van der Waals surface area contributed by atoms with Gasteiger partial charge in [-0.25, -0.2) is 0 Å². The Balaban J connectivity index is 3.93. The van der Waals surface area contributed by atoms with Crippen molar-refractivity contribution in [1.82, 2.24) is 5.32 Å². The molecule has 0 aliphatic heterocycles. The highest BCUT2D eigenvalue weighted by Crippen LogP contribution is 2.01. The monoisotopic (exact) mass is 214 g/mol. The Bertz CT molecular complexity index is 215. The van der Waals surface area contributed by atoms with Crippen LogP contribution in [-0.4, -0.2) is 30.7 Å². The van der Waals surface area contributed by atoms with Crippen molar-refractivity contribution in [3.8, 4) is 0 Å². The van der Waals surface area contributed by atoms with Crippen molar-refractivity contribution in [2.75, 3.05) is 13.2 Å². The molecule has 0 aromatic rings. The molecule has 0 aromatic carbocycles. The Labute approximate surface area is 91.9 Å². The van der Waals surface area contributed by atoms with Gasteiger partial charge in [-0.3, -0.25) is 4.79 Å². The summed E-state index contributed by atoms with van der Waals surface area (Å²) < 4.78 is 5.31. The van der Waals surface area contributed by atoms with Crippen LogP contribution < -0.4 is 11.1 Å². The smallest absolute Gasteiger partial charge is 0.249 e. The molecular formula is C11H22N2O2. The van der Waals surface area contributed by atoms with Gasteiger partial charge < -0.3 is 15.8 Å². The van der Waals surface area contributed by atoms with Gasteiger partial charge in [0.2, 0.25) is 5.91 Å². The first-order valence-electron chi connectivity index (χ1n) is 5.17. The van der Waals surface area contributed by atoms with Crippen LogP contribution in [0.4, 0.5) is 0 Å². The molecule has 0 spiro atoms. The highest BCUT2D eigenvalue weighted by Gasteiger charge is 2.22. The summed E-state index contributed by atoms with van der Waals surface area (Å²) in [6.45, 7) is 9.97. The molecule has 4 nitrogen and oxygen atoms in total. The van der Waals surface area contributed by atoms with Gasteiger partial charge in [-0.2, -0.15) is 0 Å². The van der Waals surface area contributed by atoms with Gasteiger partial charge in [0, 0.05) is 12.1 Å². The van der Waals surface area contributed by atoms with Crippen LogP contribution in [-0.2, 0) is 9.53 Å². The summed E-state index contributed by atoms with van der Waals surface area (Å²) in [4.78, 5) is 11.6. The van der Waals surface area contributed by atoms with Gasteiger partial charge in [-0.05, 0) is 27.2 Å². The molecule has 0 heterocycles. The Morgan fingerprint density at radius 2 is 2.27 bits per heavy atom. The molecule has 1 atom stereocenters. The molecule has 0 aromatic heterocycles. The summed E-state index contributed by atoms with van der Waals surface area (Å²) in [7, 11) is 0. The molecule has 0 rings (SSSR count). The predicted octanol–water partition coefficient (Wildman–Crippen LogP) is 0.821. The molecule has 0 aliphatic carbocycles. The number of carbonyl (C=O) groups excluding carboxylic acids is 1. The second-order valence-electron chi connectivity index (χ2n) is 4.17. The highest BCUT2D eigenvalue weighted by molar-refractivity contribution is 5.81. The number of hydrogen-bond acceptors (Lipinski definition) is 3. The molecule has 0 fully saturated rings. The highest BCUT2D eigenvalue weighted by atomic mass is 16.5. The third-order valence-corrected chi connectivity index (χ3v) is 2.03. The predicted molar refractivity (Wildman–Crippen MR) is 61.5 cm³/mol. The molecule has 1 unspecified atom stereocenters. The van der Waals surface area contributed by atoms with E-state index in [4.69, 9.17) is 10.5 Å². The molecule has 4 heteroatoms.